The lowest BCUT2D eigenvalue weighted by Crippen LogP contribution is -2.08. The number of hydrogen-bond acceptors (Lipinski definition) is 5. The highest BCUT2D eigenvalue weighted by Gasteiger charge is 2.09. The molecule has 0 spiro atoms. The molecule has 0 saturated carbocycles. The molecule has 0 aliphatic carbocycles. The molecule has 0 bridgehead atoms. The maximum absolute atomic E-state index is 5.18. The Morgan fingerprint density at radius 1 is 1.04 bits per heavy atom. The molecule has 2 heterocycles. The van der Waals surface area contributed by atoms with Crippen LogP contribution >= 0.6 is 0 Å². The monoisotopic (exact) mass is 319 g/mol. The summed E-state index contributed by atoms with van der Waals surface area (Å²) in [5, 5.41) is 18.2. The Morgan fingerprint density at radius 2 is 1.83 bits per heavy atom. The van der Waals surface area contributed by atoms with Crippen LogP contribution in [0.3, 0.4) is 0 Å². The predicted octanol–water partition coefficient (Wildman–Crippen LogP) is 2.94. The molecule has 24 heavy (non-hydrogen) atoms. The maximum atomic E-state index is 5.18. The van der Waals surface area contributed by atoms with E-state index >= 15 is 0 Å². The highest BCUT2D eigenvalue weighted by molar-refractivity contribution is 5.99. The van der Waals surface area contributed by atoms with Crippen LogP contribution < -0.4 is 10.1 Å². The number of nitrogens with zero attached hydrogens (tertiary/aromatic N) is 4. The van der Waals surface area contributed by atoms with Crippen molar-refractivity contribution in [2.24, 2.45) is 0 Å². The minimum Gasteiger partial charge on any atom is -0.497 e. The Kier molecular flexibility index (Phi) is 3.70. The fourth-order valence-corrected chi connectivity index (χ4v) is 2.77. The molecule has 0 aliphatic heterocycles. The number of anilines is 1. The first-order chi connectivity index (χ1) is 11.8. The first-order valence-electron chi connectivity index (χ1n) is 7.81. The lowest BCUT2D eigenvalue weighted by atomic mass is 10.1. The van der Waals surface area contributed by atoms with Crippen molar-refractivity contribution >= 4 is 22.2 Å². The Hall–Kier alpha value is -3.15. The molecule has 0 atom stereocenters. The quantitative estimate of drug-likeness (QED) is 0.613. The minimum absolute atomic E-state index is 0.770. The van der Waals surface area contributed by atoms with E-state index in [1.54, 1.807) is 18.0 Å². The number of rotatable bonds is 5. The third-order valence-corrected chi connectivity index (χ3v) is 4.03. The lowest BCUT2D eigenvalue weighted by Gasteiger charge is -2.10. The summed E-state index contributed by atoms with van der Waals surface area (Å²) in [6.07, 6.45) is 2.52. The van der Waals surface area contributed by atoms with Gasteiger partial charge in [0, 0.05) is 17.3 Å². The van der Waals surface area contributed by atoms with Gasteiger partial charge in [0.05, 0.1) is 7.11 Å². The second kappa shape index (κ2) is 6.16. The standard InChI is InChI=1S/C18H17N5O/c1-24-14-8-6-13(7-9-14)10-11-19-17-15-4-2-3-5-16(15)18-21-20-12-23(18)22-17/h2-9,12H,10-11H2,1H3,(H,19,22). The fourth-order valence-electron chi connectivity index (χ4n) is 2.77. The van der Waals surface area contributed by atoms with Gasteiger partial charge in [-0.15, -0.1) is 15.3 Å². The number of methoxy groups -OCH3 is 1. The van der Waals surface area contributed by atoms with Gasteiger partial charge in [0.2, 0.25) is 0 Å². The van der Waals surface area contributed by atoms with Crippen LogP contribution in [0.15, 0.2) is 54.9 Å². The van der Waals surface area contributed by atoms with E-state index in [0.717, 1.165) is 41.0 Å². The predicted molar refractivity (Wildman–Crippen MR) is 93.5 cm³/mol. The van der Waals surface area contributed by atoms with E-state index in [4.69, 9.17) is 4.74 Å². The van der Waals surface area contributed by atoms with Gasteiger partial charge in [-0.05, 0) is 24.1 Å². The van der Waals surface area contributed by atoms with Crippen molar-refractivity contribution < 1.29 is 4.74 Å². The van der Waals surface area contributed by atoms with Crippen molar-refractivity contribution in [1.29, 1.82) is 0 Å². The molecule has 4 rings (SSSR count). The van der Waals surface area contributed by atoms with Gasteiger partial charge in [-0.1, -0.05) is 36.4 Å². The molecule has 0 amide bonds. The van der Waals surface area contributed by atoms with Gasteiger partial charge in [-0.2, -0.15) is 4.52 Å². The lowest BCUT2D eigenvalue weighted by molar-refractivity contribution is 0.414. The van der Waals surface area contributed by atoms with E-state index < -0.39 is 0 Å². The van der Waals surface area contributed by atoms with Crippen LogP contribution in [0.1, 0.15) is 5.56 Å². The number of nitrogens with one attached hydrogen (secondary N) is 1. The molecule has 6 nitrogen and oxygen atoms in total. The highest BCUT2D eigenvalue weighted by atomic mass is 16.5. The molecule has 0 radical (unpaired) electrons. The van der Waals surface area contributed by atoms with Crippen LogP contribution in [0.25, 0.3) is 16.4 Å². The Labute approximate surface area is 139 Å². The van der Waals surface area contributed by atoms with Crippen molar-refractivity contribution in [3.8, 4) is 5.75 Å². The van der Waals surface area contributed by atoms with Gasteiger partial charge in [-0.3, -0.25) is 0 Å². The van der Waals surface area contributed by atoms with Gasteiger partial charge in [-0.25, -0.2) is 0 Å². The summed E-state index contributed by atoms with van der Waals surface area (Å²) in [5.74, 6) is 1.71. The third kappa shape index (κ3) is 2.62. The maximum Gasteiger partial charge on any atom is 0.185 e. The van der Waals surface area contributed by atoms with Crippen molar-refractivity contribution in [2.75, 3.05) is 19.0 Å². The molecular formula is C18H17N5O. The first-order valence-corrected chi connectivity index (χ1v) is 7.81. The topological polar surface area (TPSA) is 64.3 Å². The van der Waals surface area contributed by atoms with E-state index in [1.807, 2.05) is 36.4 Å². The summed E-state index contributed by atoms with van der Waals surface area (Å²) in [6, 6.07) is 16.2. The average molecular weight is 319 g/mol. The Bertz CT molecular complexity index is 978. The van der Waals surface area contributed by atoms with Crippen molar-refractivity contribution in [3.63, 3.8) is 0 Å². The number of ether oxygens (including phenoxy) is 1. The zero-order chi connectivity index (χ0) is 16.4. The van der Waals surface area contributed by atoms with Crippen LogP contribution in [0, 0.1) is 0 Å². The highest BCUT2D eigenvalue weighted by Crippen LogP contribution is 2.23. The van der Waals surface area contributed by atoms with Crippen LogP contribution in [0.4, 0.5) is 5.82 Å². The Balaban J connectivity index is 1.56. The summed E-state index contributed by atoms with van der Waals surface area (Å²) in [5.41, 5.74) is 2.02. The summed E-state index contributed by atoms with van der Waals surface area (Å²) in [4.78, 5) is 0. The molecule has 2 aromatic heterocycles. The van der Waals surface area contributed by atoms with Gasteiger partial charge in [0.25, 0.3) is 0 Å². The summed E-state index contributed by atoms with van der Waals surface area (Å²) in [7, 11) is 1.68. The van der Waals surface area contributed by atoms with E-state index in [1.165, 1.54) is 5.56 Å². The van der Waals surface area contributed by atoms with Gasteiger partial charge < -0.3 is 10.1 Å². The largest absolute Gasteiger partial charge is 0.497 e. The number of hydrogen-bond donors (Lipinski definition) is 1. The van der Waals surface area contributed by atoms with Crippen LogP contribution in [-0.4, -0.2) is 33.5 Å². The molecule has 6 heteroatoms. The van der Waals surface area contributed by atoms with Crippen molar-refractivity contribution in [3.05, 3.63) is 60.4 Å². The molecule has 0 unspecified atom stereocenters. The first kappa shape index (κ1) is 14.4. The smallest absolute Gasteiger partial charge is 0.185 e. The zero-order valence-corrected chi connectivity index (χ0v) is 13.3. The van der Waals surface area contributed by atoms with Gasteiger partial charge >= 0.3 is 0 Å². The normalized spacial score (nSPS) is 11.0. The molecule has 120 valence electrons. The molecule has 4 aromatic rings. The van der Waals surface area contributed by atoms with Crippen LogP contribution in [0.5, 0.6) is 5.75 Å². The molecule has 0 saturated heterocycles. The van der Waals surface area contributed by atoms with E-state index in [0.29, 0.717) is 0 Å². The minimum atomic E-state index is 0.770. The van der Waals surface area contributed by atoms with Crippen LogP contribution in [-0.2, 0) is 6.42 Å². The number of aromatic nitrogens is 4. The summed E-state index contributed by atoms with van der Waals surface area (Å²) < 4.78 is 6.89. The van der Waals surface area contributed by atoms with Crippen molar-refractivity contribution in [1.82, 2.24) is 19.8 Å². The van der Waals surface area contributed by atoms with Gasteiger partial charge in [0.15, 0.2) is 11.5 Å². The van der Waals surface area contributed by atoms with Crippen molar-refractivity contribution in [2.45, 2.75) is 6.42 Å². The van der Waals surface area contributed by atoms with Crippen LogP contribution in [0.2, 0.25) is 0 Å². The van der Waals surface area contributed by atoms with Gasteiger partial charge in [0.1, 0.15) is 12.1 Å². The molecule has 0 fully saturated rings. The Morgan fingerprint density at radius 3 is 2.62 bits per heavy atom. The molecular weight excluding hydrogens is 302 g/mol. The summed E-state index contributed by atoms with van der Waals surface area (Å²) >= 11 is 0. The molecule has 2 aromatic carbocycles. The second-order valence-electron chi connectivity index (χ2n) is 5.52. The number of benzene rings is 2. The zero-order valence-electron chi connectivity index (χ0n) is 13.3. The fraction of sp³-hybridized carbons (Fsp3) is 0.167. The van der Waals surface area contributed by atoms with E-state index in [2.05, 4.69) is 32.7 Å². The SMILES string of the molecule is COc1ccc(CCNc2nn3cnnc3c3ccccc23)cc1. The third-order valence-electron chi connectivity index (χ3n) is 4.03. The van der Waals surface area contributed by atoms with E-state index in [-0.39, 0.29) is 0 Å². The average Bonchev–Trinajstić information content (AvgIpc) is 3.11. The molecule has 1 N–H and O–H groups in total. The van der Waals surface area contributed by atoms with E-state index in [9.17, 15) is 0 Å². The molecule has 0 aliphatic rings. The number of fused-ring (bicyclic) bond motifs is 3. The summed E-state index contributed by atoms with van der Waals surface area (Å²) in [6.45, 7) is 0.789. The second-order valence-corrected chi connectivity index (χ2v) is 5.52.